The fraction of sp³-hybridized carbons (Fsp3) is 0.409. The van der Waals surface area contributed by atoms with Crippen LogP contribution >= 0.6 is 0 Å². The SMILES string of the molecule is COC1(COc2ccccc2)CCCN(C(=O)CCc2ccc(F)cc2)C1. The van der Waals surface area contributed by atoms with Crippen molar-refractivity contribution < 1.29 is 18.7 Å². The van der Waals surface area contributed by atoms with Crippen molar-refractivity contribution in [3.8, 4) is 5.75 Å². The van der Waals surface area contributed by atoms with E-state index in [4.69, 9.17) is 9.47 Å². The quantitative estimate of drug-likeness (QED) is 0.742. The van der Waals surface area contributed by atoms with Gasteiger partial charge >= 0.3 is 0 Å². The number of nitrogens with zero attached hydrogens (tertiary/aromatic N) is 1. The van der Waals surface area contributed by atoms with Crippen molar-refractivity contribution in [3.63, 3.8) is 0 Å². The van der Waals surface area contributed by atoms with Crippen molar-refractivity contribution in [3.05, 3.63) is 66.0 Å². The molecular formula is C22H26FNO3. The normalized spacial score (nSPS) is 19.7. The summed E-state index contributed by atoms with van der Waals surface area (Å²) in [6.45, 7) is 1.67. The first-order valence-corrected chi connectivity index (χ1v) is 9.35. The molecule has 1 amide bonds. The fourth-order valence-corrected chi connectivity index (χ4v) is 3.45. The number of ether oxygens (including phenoxy) is 2. The Balaban J connectivity index is 1.56. The predicted octanol–water partition coefficient (Wildman–Crippen LogP) is 3.84. The maximum Gasteiger partial charge on any atom is 0.223 e. The highest BCUT2D eigenvalue weighted by atomic mass is 19.1. The summed E-state index contributed by atoms with van der Waals surface area (Å²) in [4.78, 5) is 14.5. The third-order valence-corrected chi connectivity index (χ3v) is 5.11. The highest BCUT2D eigenvalue weighted by Gasteiger charge is 2.38. The van der Waals surface area contributed by atoms with Gasteiger partial charge in [0, 0.05) is 20.1 Å². The largest absolute Gasteiger partial charge is 0.491 e. The minimum atomic E-state index is -0.486. The molecule has 0 bridgehead atoms. The Hall–Kier alpha value is -2.40. The van der Waals surface area contributed by atoms with Crippen LogP contribution in [0.3, 0.4) is 0 Å². The topological polar surface area (TPSA) is 38.8 Å². The van der Waals surface area contributed by atoms with Crippen LogP contribution in [0.1, 0.15) is 24.8 Å². The fourth-order valence-electron chi connectivity index (χ4n) is 3.45. The molecule has 1 heterocycles. The number of rotatable bonds is 7. The molecule has 0 radical (unpaired) electrons. The molecule has 3 rings (SSSR count). The number of methoxy groups -OCH3 is 1. The molecule has 1 aliphatic rings. The number of hydrogen-bond donors (Lipinski definition) is 0. The maximum atomic E-state index is 13.0. The standard InChI is InChI=1S/C22H26FNO3/c1-26-22(17-27-20-6-3-2-4-7-20)14-5-15-24(16-22)21(25)13-10-18-8-11-19(23)12-9-18/h2-4,6-9,11-12H,5,10,13-17H2,1H3. The first kappa shape index (κ1) is 19.4. The molecule has 1 unspecified atom stereocenters. The summed E-state index contributed by atoms with van der Waals surface area (Å²) in [7, 11) is 1.68. The van der Waals surface area contributed by atoms with Gasteiger partial charge in [-0.2, -0.15) is 0 Å². The van der Waals surface area contributed by atoms with E-state index in [9.17, 15) is 9.18 Å². The van der Waals surface area contributed by atoms with Gasteiger partial charge < -0.3 is 14.4 Å². The van der Waals surface area contributed by atoms with Crippen LogP contribution in [-0.2, 0) is 16.0 Å². The lowest BCUT2D eigenvalue weighted by atomic mass is 9.93. The molecule has 1 fully saturated rings. The van der Waals surface area contributed by atoms with Gasteiger partial charge in [0.15, 0.2) is 0 Å². The number of carbonyl (C=O) groups excluding carboxylic acids is 1. The molecule has 2 aromatic carbocycles. The van der Waals surface area contributed by atoms with E-state index in [2.05, 4.69) is 0 Å². The molecule has 4 nitrogen and oxygen atoms in total. The summed E-state index contributed by atoms with van der Waals surface area (Å²) >= 11 is 0. The smallest absolute Gasteiger partial charge is 0.223 e. The summed E-state index contributed by atoms with van der Waals surface area (Å²) in [5.41, 5.74) is 0.478. The van der Waals surface area contributed by atoms with E-state index >= 15 is 0 Å². The van der Waals surface area contributed by atoms with Gasteiger partial charge in [-0.05, 0) is 49.1 Å². The number of halogens is 1. The van der Waals surface area contributed by atoms with Crippen LogP contribution in [0.15, 0.2) is 54.6 Å². The minimum Gasteiger partial charge on any atom is -0.491 e. The summed E-state index contributed by atoms with van der Waals surface area (Å²) in [6.07, 6.45) is 2.76. The summed E-state index contributed by atoms with van der Waals surface area (Å²) < 4.78 is 24.7. The number of piperidine rings is 1. The number of aryl methyl sites for hydroxylation is 1. The van der Waals surface area contributed by atoms with Crippen molar-refractivity contribution in [2.24, 2.45) is 0 Å². The van der Waals surface area contributed by atoms with Crippen molar-refractivity contribution in [2.45, 2.75) is 31.3 Å². The highest BCUT2D eigenvalue weighted by molar-refractivity contribution is 5.76. The second kappa shape index (κ2) is 9.00. The second-order valence-corrected chi connectivity index (χ2v) is 7.03. The van der Waals surface area contributed by atoms with Crippen molar-refractivity contribution in [1.82, 2.24) is 4.90 Å². The molecule has 0 aromatic heterocycles. The van der Waals surface area contributed by atoms with Gasteiger partial charge in [0.1, 0.15) is 23.8 Å². The molecule has 5 heteroatoms. The Morgan fingerprint density at radius 1 is 1.15 bits per heavy atom. The van der Waals surface area contributed by atoms with Crippen LogP contribution in [0.25, 0.3) is 0 Å². The van der Waals surface area contributed by atoms with Crippen LogP contribution < -0.4 is 4.74 Å². The van der Waals surface area contributed by atoms with Crippen molar-refractivity contribution in [2.75, 3.05) is 26.8 Å². The Kier molecular flexibility index (Phi) is 6.45. The Bertz CT molecular complexity index is 735. The van der Waals surface area contributed by atoms with Crippen LogP contribution in [0, 0.1) is 5.82 Å². The second-order valence-electron chi connectivity index (χ2n) is 7.03. The van der Waals surface area contributed by atoms with Gasteiger partial charge in [-0.3, -0.25) is 4.79 Å². The van der Waals surface area contributed by atoms with Crippen LogP contribution in [0.5, 0.6) is 5.75 Å². The molecule has 0 N–H and O–H groups in total. The number of carbonyl (C=O) groups is 1. The van der Waals surface area contributed by atoms with Gasteiger partial charge in [0.2, 0.25) is 5.91 Å². The van der Waals surface area contributed by atoms with Crippen molar-refractivity contribution in [1.29, 1.82) is 0 Å². The molecule has 0 aliphatic carbocycles. The zero-order chi connectivity index (χ0) is 19.1. The summed E-state index contributed by atoms with van der Waals surface area (Å²) in [6, 6.07) is 16.0. The molecule has 1 saturated heterocycles. The zero-order valence-electron chi connectivity index (χ0n) is 15.7. The molecule has 1 aliphatic heterocycles. The van der Waals surface area contributed by atoms with E-state index in [-0.39, 0.29) is 11.7 Å². The van der Waals surface area contributed by atoms with E-state index < -0.39 is 5.60 Å². The summed E-state index contributed by atoms with van der Waals surface area (Å²) in [5, 5.41) is 0. The zero-order valence-corrected chi connectivity index (χ0v) is 15.7. The number of hydrogen-bond acceptors (Lipinski definition) is 3. The van der Waals surface area contributed by atoms with Crippen LogP contribution in [0.4, 0.5) is 4.39 Å². The van der Waals surface area contributed by atoms with Gasteiger partial charge in [-0.25, -0.2) is 4.39 Å². The molecule has 2 aromatic rings. The third-order valence-electron chi connectivity index (χ3n) is 5.11. The Morgan fingerprint density at radius 2 is 1.89 bits per heavy atom. The number of benzene rings is 2. The molecular weight excluding hydrogens is 345 g/mol. The first-order chi connectivity index (χ1) is 13.1. The number of likely N-dealkylation sites (tertiary alicyclic amines) is 1. The van der Waals surface area contributed by atoms with E-state index in [1.54, 1.807) is 19.2 Å². The number of para-hydroxylation sites is 1. The van der Waals surface area contributed by atoms with Crippen LogP contribution in [-0.4, -0.2) is 43.2 Å². The van der Waals surface area contributed by atoms with Crippen molar-refractivity contribution >= 4 is 5.91 Å². The highest BCUT2D eigenvalue weighted by Crippen LogP contribution is 2.26. The lowest BCUT2D eigenvalue weighted by molar-refractivity contribution is -0.143. The lowest BCUT2D eigenvalue weighted by Gasteiger charge is -2.41. The van der Waals surface area contributed by atoms with Gasteiger partial charge in [-0.15, -0.1) is 0 Å². The van der Waals surface area contributed by atoms with Gasteiger partial charge in [0.25, 0.3) is 0 Å². The van der Waals surface area contributed by atoms with E-state index in [1.165, 1.54) is 12.1 Å². The van der Waals surface area contributed by atoms with Gasteiger partial charge in [-0.1, -0.05) is 30.3 Å². The Labute approximate surface area is 159 Å². The average molecular weight is 371 g/mol. The third kappa shape index (κ3) is 5.30. The lowest BCUT2D eigenvalue weighted by Crippen LogP contribution is -2.54. The van der Waals surface area contributed by atoms with Gasteiger partial charge in [0.05, 0.1) is 6.54 Å². The van der Waals surface area contributed by atoms with E-state index in [0.29, 0.717) is 26.0 Å². The predicted molar refractivity (Wildman–Crippen MR) is 102 cm³/mol. The molecule has 0 spiro atoms. The summed E-state index contributed by atoms with van der Waals surface area (Å²) in [5.74, 6) is 0.637. The minimum absolute atomic E-state index is 0.0974. The molecule has 0 saturated carbocycles. The molecule has 27 heavy (non-hydrogen) atoms. The average Bonchev–Trinajstić information content (AvgIpc) is 2.72. The van der Waals surface area contributed by atoms with E-state index in [0.717, 1.165) is 30.7 Å². The Morgan fingerprint density at radius 3 is 2.59 bits per heavy atom. The van der Waals surface area contributed by atoms with E-state index in [1.807, 2.05) is 35.2 Å². The maximum absolute atomic E-state index is 13.0. The monoisotopic (exact) mass is 371 g/mol. The first-order valence-electron chi connectivity index (χ1n) is 9.35. The van der Waals surface area contributed by atoms with Crippen LogP contribution in [0.2, 0.25) is 0 Å². The molecule has 144 valence electrons. The molecule has 1 atom stereocenters. The number of amides is 1.